The highest BCUT2D eigenvalue weighted by Gasteiger charge is 1.93. The molecule has 3 rings (SSSR count). The number of rotatable bonds is 0. The Hall–Kier alpha value is -1.34. The van der Waals surface area contributed by atoms with Crippen LogP contribution in [0.25, 0.3) is 10.8 Å². The Morgan fingerprint density at radius 3 is 2.19 bits per heavy atom. The third kappa shape index (κ3) is 3.07. The van der Waals surface area contributed by atoms with Crippen LogP contribution in [0.3, 0.4) is 0 Å². The van der Waals surface area contributed by atoms with E-state index in [-0.39, 0.29) is 0 Å². The molecule has 1 N–H and O–H groups in total. The van der Waals surface area contributed by atoms with Gasteiger partial charge in [0.05, 0.1) is 0 Å². The molecule has 2 aromatic rings. The summed E-state index contributed by atoms with van der Waals surface area (Å²) >= 11 is 0. The Bertz CT molecular complexity index is 436. The van der Waals surface area contributed by atoms with E-state index in [0.29, 0.717) is 0 Å². The molecule has 84 valence electrons. The van der Waals surface area contributed by atoms with E-state index in [1.165, 1.54) is 42.3 Å². The first-order valence-corrected chi connectivity index (χ1v) is 6.02. The van der Waals surface area contributed by atoms with Crippen LogP contribution in [0.1, 0.15) is 18.4 Å². The number of benzene rings is 2. The summed E-state index contributed by atoms with van der Waals surface area (Å²) in [7, 11) is 0. The molecule has 1 fully saturated rings. The van der Waals surface area contributed by atoms with E-state index in [1.807, 2.05) is 0 Å². The molecule has 16 heavy (non-hydrogen) atoms. The van der Waals surface area contributed by atoms with Crippen molar-refractivity contribution >= 4 is 10.8 Å². The monoisotopic (exact) mass is 213 g/mol. The van der Waals surface area contributed by atoms with Gasteiger partial charge in [0.1, 0.15) is 0 Å². The van der Waals surface area contributed by atoms with Gasteiger partial charge in [0.2, 0.25) is 0 Å². The van der Waals surface area contributed by atoms with E-state index in [9.17, 15) is 0 Å². The van der Waals surface area contributed by atoms with Gasteiger partial charge in [-0.25, -0.2) is 0 Å². The van der Waals surface area contributed by atoms with Crippen molar-refractivity contribution in [1.29, 1.82) is 0 Å². The third-order valence-corrected chi connectivity index (χ3v) is 2.86. The summed E-state index contributed by atoms with van der Waals surface area (Å²) in [4.78, 5) is 0. The van der Waals surface area contributed by atoms with Crippen molar-refractivity contribution in [2.75, 3.05) is 13.1 Å². The Morgan fingerprint density at radius 1 is 0.875 bits per heavy atom. The topological polar surface area (TPSA) is 12.0 Å². The number of fused-ring (bicyclic) bond motifs is 1. The van der Waals surface area contributed by atoms with Crippen LogP contribution in [0.5, 0.6) is 0 Å². The second-order valence-corrected chi connectivity index (χ2v) is 4.31. The molecule has 0 atom stereocenters. The van der Waals surface area contributed by atoms with Crippen molar-refractivity contribution < 1.29 is 0 Å². The van der Waals surface area contributed by atoms with Crippen LogP contribution in [0.15, 0.2) is 42.5 Å². The summed E-state index contributed by atoms with van der Waals surface area (Å²) in [6, 6.07) is 14.9. The minimum absolute atomic E-state index is 1.25. The smallest absolute Gasteiger partial charge is 0.00484 e. The largest absolute Gasteiger partial charge is 0.317 e. The molecule has 2 aromatic carbocycles. The van der Waals surface area contributed by atoms with Gasteiger partial charge in [0.25, 0.3) is 0 Å². The van der Waals surface area contributed by atoms with Gasteiger partial charge in [0.15, 0.2) is 0 Å². The first kappa shape index (κ1) is 11.2. The molecule has 0 aliphatic carbocycles. The maximum atomic E-state index is 3.22. The number of hydrogen-bond acceptors (Lipinski definition) is 1. The summed E-state index contributed by atoms with van der Waals surface area (Å²) < 4.78 is 0. The second kappa shape index (κ2) is 5.66. The lowest BCUT2D eigenvalue weighted by molar-refractivity contribution is 0.857. The Balaban J connectivity index is 0.000000162. The van der Waals surface area contributed by atoms with Crippen LogP contribution < -0.4 is 5.32 Å². The molecule has 1 saturated heterocycles. The first-order chi connectivity index (χ1) is 7.86. The summed E-state index contributed by atoms with van der Waals surface area (Å²) in [6.07, 6.45) is 2.78. The number of aryl methyl sites for hydroxylation is 1. The summed E-state index contributed by atoms with van der Waals surface area (Å²) in [5.74, 6) is 0. The molecule has 1 heteroatoms. The third-order valence-electron chi connectivity index (χ3n) is 2.86. The molecule has 1 aliphatic rings. The van der Waals surface area contributed by atoms with E-state index in [1.54, 1.807) is 0 Å². The Labute approximate surface area is 97.5 Å². The van der Waals surface area contributed by atoms with Gasteiger partial charge in [-0.3, -0.25) is 0 Å². The predicted molar refractivity (Wildman–Crippen MR) is 70.8 cm³/mol. The van der Waals surface area contributed by atoms with E-state index in [0.717, 1.165) is 0 Å². The number of hydrogen-bond donors (Lipinski definition) is 1. The molecular formula is C15H19N. The minimum atomic E-state index is 1.25. The Kier molecular flexibility index (Phi) is 3.95. The van der Waals surface area contributed by atoms with Gasteiger partial charge >= 0.3 is 0 Å². The summed E-state index contributed by atoms with van der Waals surface area (Å²) in [5.41, 5.74) is 1.32. The summed E-state index contributed by atoms with van der Waals surface area (Å²) in [5, 5.41) is 5.87. The van der Waals surface area contributed by atoms with Crippen LogP contribution in [0, 0.1) is 6.92 Å². The molecule has 1 heterocycles. The zero-order chi connectivity index (χ0) is 11.2. The minimum Gasteiger partial charge on any atom is -0.317 e. The maximum Gasteiger partial charge on any atom is -0.00484 e. The molecular weight excluding hydrogens is 194 g/mol. The van der Waals surface area contributed by atoms with Gasteiger partial charge in [0, 0.05) is 0 Å². The van der Waals surface area contributed by atoms with Crippen molar-refractivity contribution in [3.8, 4) is 0 Å². The molecule has 0 radical (unpaired) electrons. The quantitative estimate of drug-likeness (QED) is 0.706. The fourth-order valence-corrected chi connectivity index (χ4v) is 1.93. The zero-order valence-electron chi connectivity index (χ0n) is 9.87. The van der Waals surface area contributed by atoms with Crippen molar-refractivity contribution in [3.63, 3.8) is 0 Å². The van der Waals surface area contributed by atoms with E-state index in [2.05, 4.69) is 54.7 Å². The normalized spacial score (nSPS) is 14.6. The zero-order valence-corrected chi connectivity index (χ0v) is 9.87. The van der Waals surface area contributed by atoms with E-state index < -0.39 is 0 Å². The number of nitrogens with one attached hydrogen (secondary N) is 1. The SMILES string of the molecule is C1CCNC1.Cc1ccc2ccccc2c1. The Morgan fingerprint density at radius 2 is 1.56 bits per heavy atom. The van der Waals surface area contributed by atoms with Crippen molar-refractivity contribution in [3.05, 3.63) is 48.0 Å². The first-order valence-electron chi connectivity index (χ1n) is 6.02. The molecule has 0 aromatic heterocycles. The van der Waals surface area contributed by atoms with Gasteiger partial charge in [-0.05, 0) is 43.6 Å². The fourth-order valence-electron chi connectivity index (χ4n) is 1.93. The average Bonchev–Trinajstić information content (AvgIpc) is 2.87. The van der Waals surface area contributed by atoms with E-state index >= 15 is 0 Å². The molecule has 0 bridgehead atoms. The molecule has 0 saturated carbocycles. The van der Waals surface area contributed by atoms with Gasteiger partial charge in [-0.2, -0.15) is 0 Å². The molecule has 0 amide bonds. The van der Waals surface area contributed by atoms with Crippen LogP contribution in [-0.2, 0) is 0 Å². The fraction of sp³-hybridized carbons (Fsp3) is 0.333. The standard InChI is InChI=1S/C11H10.C4H9N/c1-9-6-7-10-4-2-3-5-11(10)8-9;1-2-4-5-3-1/h2-8H,1H3;5H,1-4H2. The summed E-state index contributed by atoms with van der Waals surface area (Å²) in [6.45, 7) is 4.62. The molecule has 1 nitrogen and oxygen atoms in total. The van der Waals surface area contributed by atoms with Gasteiger partial charge in [-0.15, -0.1) is 0 Å². The molecule has 0 spiro atoms. The van der Waals surface area contributed by atoms with Crippen LogP contribution in [-0.4, -0.2) is 13.1 Å². The lowest BCUT2D eigenvalue weighted by Crippen LogP contribution is -2.03. The van der Waals surface area contributed by atoms with E-state index in [4.69, 9.17) is 0 Å². The molecule has 0 unspecified atom stereocenters. The van der Waals surface area contributed by atoms with Crippen LogP contribution in [0.4, 0.5) is 0 Å². The van der Waals surface area contributed by atoms with Gasteiger partial charge in [-0.1, -0.05) is 48.0 Å². The highest BCUT2D eigenvalue weighted by Crippen LogP contribution is 2.14. The lowest BCUT2D eigenvalue weighted by Gasteiger charge is -1.96. The van der Waals surface area contributed by atoms with Crippen molar-refractivity contribution in [2.24, 2.45) is 0 Å². The highest BCUT2D eigenvalue weighted by molar-refractivity contribution is 5.82. The predicted octanol–water partition coefficient (Wildman–Crippen LogP) is 3.52. The van der Waals surface area contributed by atoms with Crippen molar-refractivity contribution in [2.45, 2.75) is 19.8 Å². The average molecular weight is 213 g/mol. The highest BCUT2D eigenvalue weighted by atomic mass is 14.9. The van der Waals surface area contributed by atoms with Crippen LogP contribution in [0.2, 0.25) is 0 Å². The maximum absolute atomic E-state index is 3.22. The second-order valence-electron chi connectivity index (χ2n) is 4.31. The molecule has 1 aliphatic heterocycles. The van der Waals surface area contributed by atoms with Gasteiger partial charge < -0.3 is 5.32 Å². The van der Waals surface area contributed by atoms with Crippen LogP contribution >= 0.6 is 0 Å². The lowest BCUT2D eigenvalue weighted by atomic mass is 10.1. The van der Waals surface area contributed by atoms with Crippen molar-refractivity contribution in [1.82, 2.24) is 5.32 Å².